The lowest BCUT2D eigenvalue weighted by atomic mass is 9.93. The second kappa shape index (κ2) is 8.64. The van der Waals surface area contributed by atoms with Gasteiger partial charge in [0.15, 0.2) is 0 Å². The first-order valence-electron chi connectivity index (χ1n) is 10.9. The number of nitrogens with one attached hydrogen (secondary N) is 1. The first-order chi connectivity index (χ1) is 13.6. The molecule has 28 heavy (non-hydrogen) atoms. The zero-order valence-corrected chi connectivity index (χ0v) is 17.0. The molecular weight excluding hydrogens is 354 g/mol. The molecule has 7 heteroatoms. The maximum atomic E-state index is 12.6. The Labute approximate surface area is 167 Å². The van der Waals surface area contributed by atoms with Gasteiger partial charge in [-0.25, -0.2) is 4.98 Å². The molecule has 0 aromatic carbocycles. The summed E-state index contributed by atoms with van der Waals surface area (Å²) in [6.07, 6.45) is 10.1. The summed E-state index contributed by atoms with van der Waals surface area (Å²) in [7, 11) is 0. The highest BCUT2D eigenvalue weighted by Crippen LogP contribution is 2.32. The maximum Gasteiger partial charge on any atom is 0.225 e. The molecule has 1 aromatic rings. The van der Waals surface area contributed by atoms with Crippen LogP contribution in [0.3, 0.4) is 0 Å². The van der Waals surface area contributed by atoms with E-state index in [-0.39, 0.29) is 11.8 Å². The summed E-state index contributed by atoms with van der Waals surface area (Å²) < 4.78 is 2.06. The molecule has 1 saturated carbocycles. The second-order valence-corrected chi connectivity index (χ2v) is 8.62. The fourth-order valence-corrected chi connectivity index (χ4v) is 4.68. The maximum absolute atomic E-state index is 12.6. The van der Waals surface area contributed by atoms with E-state index >= 15 is 0 Å². The van der Waals surface area contributed by atoms with Gasteiger partial charge < -0.3 is 14.8 Å². The summed E-state index contributed by atoms with van der Waals surface area (Å²) in [4.78, 5) is 33.7. The molecule has 154 valence electrons. The van der Waals surface area contributed by atoms with Crippen LogP contribution < -0.4 is 5.32 Å². The summed E-state index contributed by atoms with van der Waals surface area (Å²) in [5.74, 6) is 1.95. The third-order valence-electron chi connectivity index (χ3n) is 6.62. The number of carbonyl (C=O) groups is 2. The molecule has 2 amide bonds. The minimum Gasteiger partial charge on any atom is -0.354 e. The Morgan fingerprint density at radius 2 is 1.89 bits per heavy atom. The van der Waals surface area contributed by atoms with E-state index in [2.05, 4.69) is 24.7 Å². The molecular formula is C21H33N5O2. The summed E-state index contributed by atoms with van der Waals surface area (Å²) in [5, 5.41) is 3.12. The van der Waals surface area contributed by atoms with E-state index in [1.807, 2.05) is 13.1 Å². The van der Waals surface area contributed by atoms with Gasteiger partial charge in [0.05, 0.1) is 5.92 Å². The quantitative estimate of drug-likeness (QED) is 0.801. The van der Waals surface area contributed by atoms with Crippen molar-refractivity contribution in [1.82, 2.24) is 24.7 Å². The van der Waals surface area contributed by atoms with E-state index in [0.717, 1.165) is 77.1 Å². The summed E-state index contributed by atoms with van der Waals surface area (Å²) in [6.45, 7) is 7.10. The van der Waals surface area contributed by atoms with E-state index in [9.17, 15) is 9.59 Å². The Balaban J connectivity index is 1.21. The zero-order valence-electron chi connectivity index (χ0n) is 17.0. The molecule has 2 aliphatic heterocycles. The van der Waals surface area contributed by atoms with Crippen molar-refractivity contribution in [2.45, 2.75) is 58.0 Å². The average Bonchev–Trinajstić information content (AvgIpc) is 3.50. The molecule has 7 nitrogen and oxygen atoms in total. The SMILES string of the molecule is Cc1nccn1CCNC(=O)[C@@H]1CCCN(C2CCN(C(=O)C3CC3)CC2)C1. The van der Waals surface area contributed by atoms with Gasteiger partial charge in [-0.15, -0.1) is 0 Å². The summed E-state index contributed by atoms with van der Waals surface area (Å²) in [6, 6.07) is 0.521. The number of carbonyl (C=O) groups excluding carboxylic acids is 2. The predicted octanol–water partition coefficient (Wildman–Crippen LogP) is 1.42. The third-order valence-corrected chi connectivity index (χ3v) is 6.62. The van der Waals surface area contributed by atoms with E-state index in [1.165, 1.54) is 0 Å². The normalized spacial score (nSPS) is 24.3. The minimum absolute atomic E-state index is 0.0868. The molecule has 0 spiro atoms. The lowest BCUT2D eigenvalue weighted by Crippen LogP contribution is -2.51. The van der Waals surface area contributed by atoms with Gasteiger partial charge in [0, 0.05) is 57.1 Å². The van der Waals surface area contributed by atoms with Crippen LogP contribution in [0.5, 0.6) is 0 Å². The largest absolute Gasteiger partial charge is 0.354 e. The molecule has 0 radical (unpaired) electrons. The van der Waals surface area contributed by atoms with Crippen LogP contribution in [0.2, 0.25) is 0 Å². The topological polar surface area (TPSA) is 70.5 Å². The van der Waals surface area contributed by atoms with Gasteiger partial charge in [-0.3, -0.25) is 14.5 Å². The van der Waals surface area contributed by atoms with Gasteiger partial charge in [-0.05, 0) is 52.0 Å². The van der Waals surface area contributed by atoms with Crippen LogP contribution in [0, 0.1) is 18.8 Å². The number of hydrogen-bond donors (Lipinski definition) is 1. The Morgan fingerprint density at radius 3 is 2.57 bits per heavy atom. The van der Waals surface area contributed by atoms with Crippen molar-refractivity contribution in [3.05, 3.63) is 18.2 Å². The van der Waals surface area contributed by atoms with Gasteiger partial charge in [-0.1, -0.05) is 0 Å². The summed E-state index contributed by atoms with van der Waals surface area (Å²) in [5.41, 5.74) is 0. The molecule has 1 N–H and O–H groups in total. The third kappa shape index (κ3) is 4.57. The van der Waals surface area contributed by atoms with E-state index in [1.54, 1.807) is 6.20 Å². The highest BCUT2D eigenvalue weighted by Gasteiger charge is 2.37. The number of imidazole rings is 1. The molecule has 2 saturated heterocycles. The molecule has 1 aliphatic carbocycles. The van der Waals surface area contributed by atoms with Crippen molar-refractivity contribution >= 4 is 11.8 Å². The fraction of sp³-hybridized carbons (Fsp3) is 0.762. The van der Waals surface area contributed by atoms with Crippen LogP contribution in [-0.4, -0.2) is 69.9 Å². The van der Waals surface area contributed by atoms with Crippen molar-refractivity contribution in [3.63, 3.8) is 0 Å². The van der Waals surface area contributed by atoms with Gasteiger partial charge >= 0.3 is 0 Å². The first-order valence-corrected chi connectivity index (χ1v) is 10.9. The Morgan fingerprint density at radius 1 is 1.11 bits per heavy atom. The van der Waals surface area contributed by atoms with Crippen molar-refractivity contribution in [1.29, 1.82) is 0 Å². The lowest BCUT2D eigenvalue weighted by Gasteiger charge is -2.42. The van der Waals surface area contributed by atoms with Gasteiger partial charge in [-0.2, -0.15) is 0 Å². The van der Waals surface area contributed by atoms with Gasteiger partial charge in [0.25, 0.3) is 0 Å². The zero-order chi connectivity index (χ0) is 19.5. The number of aromatic nitrogens is 2. The number of amides is 2. The van der Waals surface area contributed by atoms with Crippen molar-refractivity contribution < 1.29 is 9.59 Å². The molecule has 3 aliphatic rings. The molecule has 0 bridgehead atoms. The molecule has 1 atom stereocenters. The molecule has 4 rings (SSSR count). The number of likely N-dealkylation sites (tertiary alicyclic amines) is 2. The molecule has 3 fully saturated rings. The van der Waals surface area contributed by atoms with Crippen LogP contribution in [0.4, 0.5) is 0 Å². The highest BCUT2D eigenvalue weighted by molar-refractivity contribution is 5.81. The first kappa shape index (κ1) is 19.4. The second-order valence-electron chi connectivity index (χ2n) is 8.62. The van der Waals surface area contributed by atoms with Crippen molar-refractivity contribution in [3.8, 4) is 0 Å². The molecule has 3 heterocycles. The van der Waals surface area contributed by atoms with Crippen LogP contribution in [0.1, 0.15) is 44.3 Å². The fourth-order valence-electron chi connectivity index (χ4n) is 4.68. The van der Waals surface area contributed by atoms with Gasteiger partial charge in [0.1, 0.15) is 5.82 Å². The standard InChI is InChI=1S/C21H33N5O2/c1-16-22-8-13-24(16)14-9-23-20(27)18-3-2-10-26(15-18)19-6-11-25(12-7-19)21(28)17-4-5-17/h8,13,17-19H,2-7,9-12,14-15H2,1H3,(H,23,27)/t18-/m1/s1. The Bertz CT molecular complexity index is 691. The van der Waals surface area contributed by atoms with E-state index < -0.39 is 0 Å². The molecule has 1 aromatic heterocycles. The molecule has 0 unspecified atom stereocenters. The highest BCUT2D eigenvalue weighted by atomic mass is 16.2. The van der Waals surface area contributed by atoms with Crippen LogP contribution >= 0.6 is 0 Å². The Kier molecular flexibility index (Phi) is 5.99. The number of hydrogen-bond acceptors (Lipinski definition) is 4. The predicted molar refractivity (Wildman–Crippen MR) is 107 cm³/mol. The Hall–Kier alpha value is -1.89. The van der Waals surface area contributed by atoms with Crippen molar-refractivity contribution in [2.75, 3.05) is 32.7 Å². The van der Waals surface area contributed by atoms with Crippen LogP contribution in [0.15, 0.2) is 12.4 Å². The average molecular weight is 388 g/mol. The van der Waals surface area contributed by atoms with Crippen molar-refractivity contribution in [2.24, 2.45) is 11.8 Å². The number of aryl methyl sites for hydroxylation is 1. The number of nitrogens with zero attached hydrogens (tertiary/aromatic N) is 4. The van der Waals surface area contributed by atoms with Crippen LogP contribution in [-0.2, 0) is 16.1 Å². The smallest absolute Gasteiger partial charge is 0.225 e. The lowest BCUT2D eigenvalue weighted by molar-refractivity contribution is -0.134. The minimum atomic E-state index is 0.0868. The van der Waals surface area contributed by atoms with E-state index in [0.29, 0.717) is 24.4 Å². The van der Waals surface area contributed by atoms with Gasteiger partial charge in [0.2, 0.25) is 11.8 Å². The number of piperidine rings is 2. The summed E-state index contributed by atoms with van der Waals surface area (Å²) >= 11 is 0. The monoisotopic (exact) mass is 387 g/mol. The van der Waals surface area contributed by atoms with E-state index in [4.69, 9.17) is 0 Å². The number of rotatable bonds is 6. The van der Waals surface area contributed by atoms with Crippen LogP contribution in [0.25, 0.3) is 0 Å².